The van der Waals surface area contributed by atoms with Gasteiger partial charge in [-0.1, -0.05) is 26.0 Å². The zero-order valence-corrected chi connectivity index (χ0v) is 17.3. The molecule has 7 nitrogen and oxygen atoms in total. The lowest BCUT2D eigenvalue weighted by Crippen LogP contribution is -2.50. The molecule has 28 heavy (non-hydrogen) atoms. The van der Waals surface area contributed by atoms with Crippen LogP contribution < -0.4 is 15.4 Å². The number of para-hydroxylation sites is 1. The summed E-state index contributed by atoms with van der Waals surface area (Å²) in [4.78, 5) is 25.2. The standard InChI is InChI=1S/C21H30N4O3/c1-14(2)19(23-20(26)17-9-6-7-10-18(17)28-5)21(27)22-11-8-12-25-16(4)13-15(3)24-25/h6-7,9-10,13-14,19H,8,11-12H2,1-5H3,(H,22,27)(H,23,26). The molecule has 1 aromatic heterocycles. The van der Waals surface area contributed by atoms with Crippen LogP contribution in [0.15, 0.2) is 30.3 Å². The molecule has 2 rings (SSSR count). The first-order valence-corrected chi connectivity index (χ1v) is 9.56. The molecule has 1 heterocycles. The highest BCUT2D eigenvalue weighted by Crippen LogP contribution is 2.17. The minimum absolute atomic E-state index is 0.0466. The Labute approximate surface area is 166 Å². The van der Waals surface area contributed by atoms with Crippen LogP contribution in [-0.2, 0) is 11.3 Å². The van der Waals surface area contributed by atoms with Gasteiger partial charge in [-0.15, -0.1) is 0 Å². The minimum atomic E-state index is -0.619. The number of aryl methyl sites for hydroxylation is 3. The molecule has 2 amide bonds. The van der Waals surface area contributed by atoms with Crippen LogP contribution >= 0.6 is 0 Å². The Bertz CT molecular complexity index is 814. The van der Waals surface area contributed by atoms with Crippen molar-refractivity contribution >= 4 is 11.8 Å². The summed E-state index contributed by atoms with van der Waals surface area (Å²) in [6.45, 7) is 9.04. The largest absolute Gasteiger partial charge is 0.496 e. The predicted octanol–water partition coefficient (Wildman–Crippen LogP) is 2.47. The molecule has 0 spiro atoms. The quantitative estimate of drug-likeness (QED) is 0.649. The fourth-order valence-electron chi connectivity index (χ4n) is 3.04. The predicted molar refractivity (Wildman–Crippen MR) is 108 cm³/mol. The van der Waals surface area contributed by atoms with E-state index >= 15 is 0 Å². The summed E-state index contributed by atoms with van der Waals surface area (Å²) in [6.07, 6.45) is 0.763. The van der Waals surface area contributed by atoms with E-state index in [1.54, 1.807) is 24.3 Å². The van der Waals surface area contributed by atoms with Crippen LogP contribution in [0.25, 0.3) is 0 Å². The number of ether oxygens (including phenoxy) is 1. The molecule has 0 bridgehead atoms. The van der Waals surface area contributed by atoms with Crippen LogP contribution in [0, 0.1) is 19.8 Å². The molecule has 0 radical (unpaired) electrons. The Morgan fingerprint density at radius 3 is 2.54 bits per heavy atom. The molecule has 0 saturated heterocycles. The van der Waals surface area contributed by atoms with Gasteiger partial charge in [0.1, 0.15) is 11.8 Å². The number of aromatic nitrogens is 2. The van der Waals surface area contributed by atoms with E-state index in [1.165, 1.54) is 7.11 Å². The fraction of sp³-hybridized carbons (Fsp3) is 0.476. The molecule has 2 N–H and O–H groups in total. The van der Waals surface area contributed by atoms with Crippen LogP contribution in [-0.4, -0.2) is 41.3 Å². The molecule has 7 heteroatoms. The maximum absolute atomic E-state index is 12.6. The summed E-state index contributed by atoms with van der Waals surface area (Å²) in [5.41, 5.74) is 2.50. The molecule has 1 atom stereocenters. The number of methoxy groups -OCH3 is 1. The highest BCUT2D eigenvalue weighted by atomic mass is 16.5. The molecule has 0 fully saturated rings. The van der Waals surface area contributed by atoms with Crippen molar-refractivity contribution in [1.29, 1.82) is 0 Å². The van der Waals surface area contributed by atoms with E-state index in [4.69, 9.17) is 4.74 Å². The first-order valence-electron chi connectivity index (χ1n) is 9.56. The number of carbonyl (C=O) groups excluding carboxylic acids is 2. The summed E-state index contributed by atoms with van der Waals surface area (Å²) in [6, 6.07) is 8.37. The van der Waals surface area contributed by atoms with Crippen molar-refractivity contribution in [2.75, 3.05) is 13.7 Å². The number of amides is 2. The van der Waals surface area contributed by atoms with Crippen LogP contribution in [0.5, 0.6) is 5.75 Å². The van der Waals surface area contributed by atoms with Gasteiger partial charge in [0, 0.05) is 18.8 Å². The average molecular weight is 386 g/mol. The number of nitrogens with one attached hydrogen (secondary N) is 2. The van der Waals surface area contributed by atoms with Crippen LogP contribution in [0.3, 0.4) is 0 Å². The van der Waals surface area contributed by atoms with Gasteiger partial charge in [-0.3, -0.25) is 14.3 Å². The van der Waals surface area contributed by atoms with E-state index in [1.807, 2.05) is 38.4 Å². The Balaban J connectivity index is 1.90. The molecular weight excluding hydrogens is 356 g/mol. The van der Waals surface area contributed by atoms with E-state index in [0.717, 1.165) is 24.4 Å². The van der Waals surface area contributed by atoms with Crippen molar-refractivity contribution in [2.45, 2.75) is 46.7 Å². The normalized spacial score (nSPS) is 11.9. The van der Waals surface area contributed by atoms with Crippen LogP contribution in [0.4, 0.5) is 0 Å². The minimum Gasteiger partial charge on any atom is -0.496 e. The fourth-order valence-corrected chi connectivity index (χ4v) is 3.04. The number of hydrogen-bond donors (Lipinski definition) is 2. The summed E-state index contributed by atoms with van der Waals surface area (Å²) >= 11 is 0. The van der Waals surface area contributed by atoms with Gasteiger partial charge in [-0.25, -0.2) is 0 Å². The summed E-state index contributed by atoms with van der Waals surface area (Å²) in [5, 5.41) is 10.2. The second-order valence-corrected chi connectivity index (χ2v) is 7.19. The molecule has 2 aromatic rings. The maximum atomic E-state index is 12.6. The number of carbonyl (C=O) groups is 2. The van der Waals surface area contributed by atoms with Gasteiger partial charge in [0.05, 0.1) is 18.4 Å². The zero-order valence-electron chi connectivity index (χ0n) is 17.3. The Morgan fingerprint density at radius 1 is 1.21 bits per heavy atom. The van der Waals surface area contributed by atoms with E-state index in [0.29, 0.717) is 17.9 Å². The summed E-state index contributed by atoms with van der Waals surface area (Å²) < 4.78 is 7.17. The van der Waals surface area contributed by atoms with Gasteiger partial charge >= 0.3 is 0 Å². The maximum Gasteiger partial charge on any atom is 0.255 e. The van der Waals surface area contributed by atoms with Crippen molar-refractivity contribution in [3.8, 4) is 5.75 Å². The van der Waals surface area contributed by atoms with Gasteiger partial charge in [0.2, 0.25) is 5.91 Å². The van der Waals surface area contributed by atoms with Crippen molar-refractivity contribution in [3.63, 3.8) is 0 Å². The lowest BCUT2D eigenvalue weighted by atomic mass is 10.0. The molecule has 152 valence electrons. The number of benzene rings is 1. The molecule has 0 saturated carbocycles. The highest BCUT2D eigenvalue weighted by molar-refractivity contribution is 5.99. The second kappa shape index (κ2) is 9.92. The number of hydrogen-bond acceptors (Lipinski definition) is 4. The molecule has 1 unspecified atom stereocenters. The van der Waals surface area contributed by atoms with Crippen molar-refractivity contribution < 1.29 is 14.3 Å². The third kappa shape index (κ3) is 5.58. The smallest absolute Gasteiger partial charge is 0.255 e. The van der Waals surface area contributed by atoms with Gasteiger partial charge in [0.25, 0.3) is 5.91 Å². The third-order valence-electron chi connectivity index (χ3n) is 4.54. The van der Waals surface area contributed by atoms with Crippen molar-refractivity contribution in [2.24, 2.45) is 5.92 Å². The Morgan fingerprint density at radius 2 is 1.93 bits per heavy atom. The topological polar surface area (TPSA) is 85.2 Å². The van der Waals surface area contributed by atoms with E-state index in [9.17, 15) is 9.59 Å². The molecule has 0 aliphatic heterocycles. The van der Waals surface area contributed by atoms with Crippen LogP contribution in [0.2, 0.25) is 0 Å². The van der Waals surface area contributed by atoms with E-state index < -0.39 is 6.04 Å². The molecule has 0 aliphatic carbocycles. The zero-order chi connectivity index (χ0) is 20.7. The SMILES string of the molecule is COc1ccccc1C(=O)NC(C(=O)NCCCn1nc(C)cc1C)C(C)C. The van der Waals surface area contributed by atoms with Gasteiger partial charge in [0.15, 0.2) is 0 Å². The van der Waals surface area contributed by atoms with Gasteiger partial charge in [-0.05, 0) is 44.4 Å². The summed E-state index contributed by atoms with van der Waals surface area (Å²) in [5.74, 6) is -0.0805. The number of nitrogens with zero attached hydrogens (tertiary/aromatic N) is 2. The first-order chi connectivity index (χ1) is 13.3. The third-order valence-corrected chi connectivity index (χ3v) is 4.54. The molecule has 1 aromatic carbocycles. The van der Waals surface area contributed by atoms with Gasteiger partial charge in [-0.2, -0.15) is 5.10 Å². The molecular formula is C21H30N4O3. The Kier molecular flexibility index (Phi) is 7.61. The van der Waals surface area contributed by atoms with E-state index in [-0.39, 0.29) is 17.7 Å². The first kappa shape index (κ1) is 21.5. The number of rotatable bonds is 9. The highest BCUT2D eigenvalue weighted by Gasteiger charge is 2.25. The lowest BCUT2D eigenvalue weighted by molar-refractivity contribution is -0.123. The average Bonchev–Trinajstić information content (AvgIpc) is 2.99. The second-order valence-electron chi connectivity index (χ2n) is 7.19. The van der Waals surface area contributed by atoms with Crippen molar-refractivity contribution in [1.82, 2.24) is 20.4 Å². The lowest BCUT2D eigenvalue weighted by Gasteiger charge is -2.22. The van der Waals surface area contributed by atoms with Gasteiger partial charge < -0.3 is 15.4 Å². The van der Waals surface area contributed by atoms with E-state index in [2.05, 4.69) is 15.7 Å². The van der Waals surface area contributed by atoms with Crippen molar-refractivity contribution in [3.05, 3.63) is 47.3 Å². The van der Waals surface area contributed by atoms with Crippen LogP contribution in [0.1, 0.15) is 42.0 Å². The summed E-state index contributed by atoms with van der Waals surface area (Å²) in [7, 11) is 1.52. The monoisotopic (exact) mass is 386 g/mol. The molecule has 0 aliphatic rings. The Hall–Kier alpha value is -2.83.